The highest BCUT2D eigenvalue weighted by molar-refractivity contribution is 7.89. The highest BCUT2D eigenvalue weighted by Crippen LogP contribution is 1.93. The van der Waals surface area contributed by atoms with Gasteiger partial charge in [0.2, 0.25) is 10.0 Å². The maximum Gasteiger partial charge on any atom is 0.213 e. The third-order valence-electron chi connectivity index (χ3n) is 1.51. The lowest BCUT2D eigenvalue weighted by Crippen LogP contribution is -2.31. The lowest BCUT2D eigenvalue weighted by Gasteiger charge is -2.10. The van der Waals surface area contributed by atoms with Crippen molar-refractivity contribution in [2.24, 2.45) is 5.92 Å². The van der Waals surface area contributed by atoms with Gasteiger partial charge < -0.3 is 4.74 Å². The zero-order chi connectivity index (χ0) is 11.2. The second kappa shape index (κ2) is 6.37. The van der Waals surface area contributed by atoms with Crippen LogP contribution in [-0.4, -0.2) is 33.4 Å². The number of nitrogens with one attached hydrogen (secondary N) is 1. The van der Waals surface area contributed by atoms with Gasteiger partial charge in [-0.1, -0.05) is 13.8 Å². The van der Waals surface area contributed by atoms with Gasteiger partial charge in [-0.3, -0.25) is 0 Å². The van der Waals surface area contributed by atoms with Crippen molar-refractivity contribution in [1.29, 1.82) is 0 Å². The maximum absolute atomic E-state index is 11.3. The molecule has 0 heterocycles. The predicted molar refractivity (Wildman–Crippen MR) is 57.7 cm³/mol. The SMILES string of the molecule is CC(C)CNS(=O)(=O)CCOC(C)C. The van der Waals surface area contributed by atoms with Crippen LogP contribution in [0.15, 0.2) is 0 Å². The van der Waals surface area contributed by atoms with Crippen molar-refractivity contribution in [3.05, 3.63) is 0 Å². The first-order valence-corrected chi connectivity index (χ1v) is 6.57. The lowest BCUT2D eigenvalue weighted by molar-refractivity contribution is 0.0911. The normalized spacial score (nSPS) is 12.7. The quantitative estimate of drug-likeness (QED) is 0.700. The molecule has 0 aliphatic rings. The summed E-state index contributed by atoms with van der Waals surface area (Å²) < 4.78 is 30.3. The Balaban J connectivity index is 3.73. The Bertz CT molecular complexity index is 234. The molecule has 14 heavy (non-hydrogen) atoms. The first-order chi connectivity index (χ1) is 6.33. The van der Waals surface area contributed by atoms with Crippen molar-refractivity contribution in [3.63, 3.8) is 0 Å². The van der Waals surface area contributed by atoms with Gasteiger partial charge in [-0.25, -0.2) is 13.1 Å². The van der Waals surface area contributed by atoms with Gasteiger partial charge in [-0.15, -0.1) is 0 Å². The minimum Gasteiger partial charge on any atom is -0.378 e. The van der Waals surface area contributed by atoms with E-state index in [-0.39, 0.29) is 18.5 Å². The number of hydrogen-bond donors (Lipinski definition) is 1. The Morgan fingerprint density at radius 2 is 1.79 bits per heavy atom. The molecule has 1 N–H and O–H groups in total. The fraction of sp³-hybridized carbons (Fsp3) is 1.00. The molecule has 0 spiro atoms. The molecule has 0 saturated heterocycles. The molecule has 0 atom stereocenters. The molecule has 4 nitrogen and oxygen atoms in total. The molecular weight excluding hydrogens is 202 g/mol. The molecule has 0 aromatic heterocycles. The van der Waals surface area contributed by atoms with E-state index in [1.807, 2.05) is 27.7 Å². The minimum atomic E-state index is -3.15. The fourth-order valence-corrected chi connectivity index (χ4v) is 1.81. The summed E-state index contributed by atoms with van der Waals surface area (Å²) in [6.45, 7) is 8.44. The molecule has 0 amide bonds. The molecule has 86 valence electrons. The zero-order valence-electron chi connectivity index (χ0n) is 9.41. The van der Waals surface area contributed by atoms with Gasteiger partial charge in [0.25, 0.3) is 0 Å². The lowest BCUT2D eigenvalue weighted by atomic mass is 10.2. The molecule has 0 saturated carbocycles. The van der Waals surface area contributed by atoms with Crippen LogP contribution in [0.25, 0.3) is 0 Å². The van der Waals surface area contributed by atoms with Gasteiger partial charge in [0, 0.05) is 6.54 Å². The summed E-state index contributed by atoms with van der Waals surface area (Å²) in [5.41, 5.74) is 0. The molecular formula is C9H21NO3S. The molecule has 5 heteroatoms. The Morgan fingerprint density at radius 3 is 2.21 bits per heavy atom. The van der Waals surface area contributed by atoms with Crippen molar-refractivity contribution in [3.8, 4) is 0 Å². The largest absolute Gasteiger partial charge is 0.378 e. The molecule has 0 aromatic rings. The molecule has 0 fully saturated rings. The highest BCUT2D eigenvalue weighted by Gasteiger charge is 2.10. The topological polar surface area (TPSA) is 55.4 Å². The summed E-state index contributed by atoms with van der Waals surface area (Å²) in [6, 6.07) is 0. The van der Waals surface area contributed by atoms with Crippen LogP contribution in [0.2, 0.25) is 0 Å². The highest BCUT2D eigenvalue weighted by atomic mass is 32.2. The van der Waals surface area contributed by atoms with Crippen LogP contribution in [-0.2, 0) is 14.8 Å². The predicted octanol–water partition coefficient (Wildman–Crippen LogP) is 0.987. The van der Waals surface area contributed by atoms with E-state index in [1.165, 1.54) is 0 Å². The summed E-state index contributed by atoms with van der Waals surface area (Å²) in [5, 5.41) is 0. The van der Waals surface area contributed by atoms with Gasteiger partial charge in [0.05, 0.1) is 18.5 Å². The molecule has 0 aliphatic heterocycles. The van der Waals surface area contributed by atoms with Crippen molar-refractivity contribution < 1.29 is 13.2 Å². The monoisotopic (exact) mass is 223 g/mol. The Hall–Kier alpha value is -0.130. The molecule has 0 aromatic carbocycles. The standard InChI is InChI=1S/C9H21NO3S/c1-8(2)7-10-14(11,12)6-5-13-9(3)4/h8-10H,5-7H2,1-4H3. The van der Waals surface area contributed by atoms with Crippen molar-refractivity contribution in [2.45, 2.75) is 33.8 Å². The summed E-state index contributed by atoms with van der Waals surface area (Å²) in [5.74, 6) is 0.369. The third-order valence-corrected chi connectivity index (χ3v) is 2.83. The van der Waals surface area contributed by atoms with E-state index in [9.17, 15) is 8.42 Å². The first-order valence-electron chi connectivity index (χ1n) is 4.92. The Kier molecular flexibility index (Phi) is 6.31. The molecule has 0 rings (SSSR count). The van der Waals surface area contributed by atoms with Gasteiger partial charge in [-0.05, 0) is 19.8 Å². The van der Waals surface area contributed by atoms with Gasteiger partial charge >= 0.3 is 0 Å². The van der Waals surface area contributed by atoms with Gasteiger partial charge in [0.1, 0.15) is 0 Å². The van der Waals surface area contributed by atoms with Crippen molar-refractivity contribution in [2.75, 3.05) is 18.9 Å². The first kappa shape index (κ1) is 13.9. The van der Waals surface area contributed by atoms with Crippen molar-refractivity contribution in [1.82, 2.24) is 4.72 Å². The number of ether oxygens (including phenoxy) is 1. The number of sulfonamides is 1. The van der Waals surface area contributed by atoms with Crippen LogP contribution in [0.3, 0.4) is 0 Å². The second-order valence-electron chi connectivity index (χ2n) is 3.98. The van der Waals surface area contributed by atoms with E-state index in [1.54, 1.807) is 0 Å². The fourth-order valence-electron chi connectivity index (χ4n) is 0.759. The van der Waals surface area contributed by atoms with E-state index < -0.39 is 10.0 Å². The second-order valence-corrected chi connectivity index (χ2v) is 5.91. The molecule has 0 aliphatic carbocycles. The van der Waals surface area contributed by atoms with E-state index in [0.29, 0.717) is 12.5 Å². The van der Waals surface area contributed by atoms with E-state index in [0.717, 1.165) is 0 Å². The van der Waals surface area contributed by atoms with E-state index in [4.69, 9.17) is 4.74 Å². The van der Waals surface area contributed by atoms with Crippen LogP contribution in [0.5, 0.6) is 0 Å². The van der Waals surface area contributed by atoms with Crippen LogP contribution >= 0.6 is 0 Å². The minimum absolute atomic E-state index is 0.0396. The summed E-state index contributed by atoms with van der Waals surface area (Å²) in [6.07, 6.45) is 0.0790. The molecule has 0 bridgehead atoms. The third kappa shape index (κ3) is 8.47. The van der Waals surface area contributed by atoms with Crippen LogP contribution < -0.4 is 4.72 Å². The van der Waals surface area contributed by atoms with Crippen LogP contribution in [0, 0.1) is 5.92 Å². The molecule has 0 unspecified atom stereocenters. The van der Waals surface area contributed by atoms with E-state index in [2.05, 4.69) is 4.72 Å². The Labute approximate surface area is 87.1 Å². The molecule has 0 radical (unpaired) electrons. The van der Waals surface area contributed by atoms with E-state index >= 15 is 0 Å². The zero-order valence-corrected chi connectivity index (χ0v) is 10.2. The smallest absolute Gasteiger partial charge is 0.213 e. The summed E-state index contributed by atoms with van der Waals surface area (Å²) in [4.78, 5) is 0. The van der Waals surface area contributed by atoms with Gasteiger partial charge in [0.15, 0.2) is 0 Å². The average Bonchev–Trinajstić information content (AvgIpc) is 2.00. The van der Waals surface area contributed by atoms with Crippen LogP contribution in [0.1, 0.15) is 27.7 Å². The number of hydrogen-bond acceptors (Lipinski definition) is 3. The summed E-state index contributed by atoms with van der Waals surface area (Å²) >= 11 is 0. The van der Waals surface area contributed by atoms with Crippen LogP contribution in [0.4, 0.5) is 0 Å². The van der Waals surface area contributed by atoms with Gasteiger partial charge in [-0.2, -0.15) is 0 Å². The average molecular weight is 223 g/mol. The summed E-state index contributed by atoms with van der Waals surface area (Å²) in [7, 11) is -3.15. The number of rotatable bonds is 7. The Morgan fingerprint density at radius 1 is 1.21 bits per heavy atom. The maximum atomic E-state index is 11.3. The van der Waals surface area contributed by atoms with Crippen molar-refractivity contribution >= 4 is 10.0 Å².